The Morgan fingerprint density at radius 2 is 2.14 bits per heavy atom. The molecule has 0 unspecified atom stereocenters. The number of aromatic nitrogens is 1. The minimum atomic E-state index is -1.43. The Labute approximate surface area is 174 Å². The number of nitrogens with two attached hydrogens (primary N) is 2. The largest absolute Gasteiger partial charge is 0.489 e. The normalized spacial score (nSPS) is 22.7. The van der Waals surface area contributed by atoms with Crippen LogP contribution in [-0.2, 0) is 15.8 Å². The van der Waals surface area contributed by atoms with Gasteiger partial charge in [-0.15, -0.1) is 0 Å². The molecule has 1 aliphatic carbocycles. The van der Waals surface area contributed by atoms with Crippen LogP contribution in [0.4, 0.5) is 8.78 Å². The standard InChI is InChI=1S/C20H20BrF2N3O3/c1-19(18(25)27)8-29-17-11(19)6-13(20(28,7-24)9-2-3-9)26-16(17)10-4-5-12(22)14(21)15(10)23/h4-6,9,28H,2-3,7-8,24H2,1H3,(H2,25,27)/t19-,20+/m0/s1. The van der Waals surface area contributed by atoms with E-state index in [2.05, 4.69) is 20.9 Å². The van der Waals surface area contributed by atoms with E-state index >= 15 is 0 Å². The van der Waals surface area contributed by atoms with Crippen molar-refractivity contribution >= 4 is 21.8 Å². The second-order valence-electron chi connectivity index (χ2n) is 7.84. The van der Waals surface area contributed by atoms with E-state index in [4.69, 9.17) is 16.2 Å². The number of aliphatic hydroxyl groups is 1. The Hall–Kier alpha value is -2.10. The van der Waals surface area contributed by atoms with Crippen LogP contribution in [-0.4, -0.2) is 29.1 Å². The lowest BCUT2D eigenvalue weighted by Gasteiger charge is -2.28. The molecule has 0 radical (unpaired) electrons. The highest BCUT2D eigenvalue weighted by molar-refractivity contribution is 9.10. The molecule has 2 atom stereocenters. The molecule has 4 rings (SSSR count). The molecule has 1 amide bonds. The van der Waals surface area contributed by atoms with Crippen molar-refractivity contribution in [3.05, 3.63) is 45.6 Å². The van der Waals surface area contributed by atoms with Gasteiger partial charge in [-0.05, 0) is 59.8 Å². The lowest BCUT2D eigenvalue weighted by Crippen LogP contribution is -2.41. The number of benzene rings is 1. The first-order chi connectivity index (χ1) is 13.6. The van der Waals surface area contributed by atoms with Crippen LogP contribution < -0.4 is 16.2 Å². The summed E-state index contributed by atoms with van der Waals surface area (Å²) in [6.45, 7) is 1.47. The van der Waals surface area contributed by atoms with Crippen LogP contribution in [0.25, 0.3) is 11.3 Å². The molecule has 0 saturated heterocycles. The van der Waals surface area contributed by atoms with Gasteiger partial charge in [0.1, 0.15) is 40.7 Å². The molecule has 29 heavy (non-hydrogen) atoms. The number of pyridine rings is 1. The summed E-state index contributed by atoms with van der Waals surface area (Å²) in [7, 11) is 0. The molecular formula is C20H20BrF2N3O3. The minimum Gasteiger partial charge on any atom is -0.489 e. The summed E-state index contributed by atoms with van der Waals surface area (Å²) in [5.41, 5.74) is 9.52. The number of fused-ring (bicyclic) bond motifs is 1. The Balaban J connectivity index is 2.02. The molecule has 2 aliphatic rings. The van der Waals surface area contributed by atoms with Gasteiger partial charge in [0.25, 0.3) is 0 Å². The highest BCUT2D eigenvalue weighted by Crippen LogP contribution is 2.50. The number of halogens is 3. The fraction of sp³-hybridized carbons (Fsp3) is 0.400. The van der Waals surface area contributed by atoms with Gasteiger partial charge in [-0.1, -0.05) is 0 Å². The maximum Gasteiger partial charge on any atom is 0.231 e. The third kappa shape index (κ3) is 2.94. The second-order valence-corrected chi connectivity index (χ2v) is 8.64. The molecule has 9 heteroatoms. The smallest absolute Gasteiger partial charge is 0.231 e. The number of carbonyl (C=O) groups excluding carboxylic acids is 1. The minimum absolute atomic E-state index is 0.0275. The van der Waals surface area contributed by atoms with Crippen molar-refractivity contribution < 1.29 is 23.4 Å². The van der Waals surface area contributed by atoms with E-state index in [1.165, 1.54) is 6.07 Å². The Morgan fingerprint density at radius 1 is 1.45 bits per heavy atom. The number of primary amides is 1. The number of amides is 1. The highest BCUT2D eigenvalue weighted by atomic mass is 79.9. The van der Waals surface area contributed by atoms with Crippen molar-refractivity contribution in [2.75, 3.05) is 13.2 Å². The maximum atomic E-state index is 14.9. The van der Waals surface area contributed by atoms with Crippen LogP contribution in [0.1, 0.15) is 31.0 Å². The fourth-order valence-electron chi connectivity index (χ4n) is 3.74. The quantitative estimate of drug-likeness (QED) is 0.584. The van der Waals surface area contributed by atoms with E-state index in [1.54, 1.807) is 13.0 Å². The fourth-order valence-corrected chi connectivity index (χ4v) is 4.09. The summed E-state index contributed by atoms with van der Waals surface area (Å²) in [4.78, 5) is 16.7. The zero-order valence-electron chi connectivity index (χ0n) is 15.6. The maximum absolute atomic E-state index is 14.9. The zero-order chi connectivity index (χ0) is 21.1. The topological polar surface area (TPSA) is 111 Å². The summed E-state index contributed by atoms with van der Waals surface area (Å²) in [6, 6.07) is 3.91. The molecule has 154 valence electrons. The molecule has 6 nitrogen and oxygen atoms in total. The van der Waals surface area contributed by atoms with Crippen LogP contribution >= 0.6 is 15.9 Å². The summed E-state index contributed by atoms with van der Waals surface area (Å²) >= 11 is 2.90. The van der Waals surface area contributed by atoms with Gasteiger partial charge >= 0.3 is 0 Å². The average molecular weight is 468 g/mol. The summed E-state index contributed by atoms with van der Waals surface area (Å²) in [5.74, 6) is -2.16. The molecule has 1 saturated carbocycles. The van der Waals surface area contributed by atoms with Gasteiger partial charge in [0, 0.05) is 17.7 Å². The first-order valence-electron chi connectivity index (χ1n) is 9.18. The summed E-state index contributed by atoms with van der Waals surface area (Å²) < 4.78 is 34.0. The SMILES string of the molecule is C[C@]1(C(N)=O)COc2c1cc([C@@](O)(CN)C1CC1)nc2-c1ccc(F)c(Br)c1F. The van der Waals surface area contributed by atoms with Gasteiger partial charge in [0.05, 0.1) is 10.2 Å². The molecular weight excluding hydrogens is 448 g/mol. The van der Waals surface area contributed by atoms with Crippen molar-refractivity contribution in [1.29, 1.82) is 0 Å². The Kier molecular flexibility index (Phi) is 4.67. The Bertz CT molecular complexity index is 1030. The third-order valence-corrected chi connectivity index (χ3v) is 6.64. The van der Waals surface area contributed by atoms with Crippen LogP contribution in [0.15, 0.2) is 22.7 Å². The van der Waals surface area contributed by atoms with Crippen molar-refractivity contribution in [2.24, 2.45) is 17.4 Å². The van der Waals surface area contributed by atoms with Gasteiger partial charge < -0.3 is 21.3 Å². The van der Waals surface area contributed by atoms with Crippen molar-refractivity contribution in [2.45, 2.75) is 30.8 Å². The number of nitrogens with zero attached hydrogens (tertiary/aromatic N) is 1. The number of hydrogen-bond donors (Lipinski definition) is 3. The molecule has 0 spiro atoms. The predicted octanol–water partition coefficient (Wildman–Crippen LogP) is 2.48. The van der Waals surface area contributed by atoms with Crippen molar-refractivity contribution in [1.82, 2.24) is 4.98 Å². The van der Waals surface area contributed by atoms with Crippen LogP contribution in [0, 0.1) is 17.6 Å². The molecule has 5 N–H and O–H groups in total. The highest BCUT2D eigenvalue weighted by Gasteiger charge is 2.49. The monoisotopic (exact) mass is 467 g/mol. The van der Waals surface area contributed by atoms with Gasteiger partial charge in [-0.25, -0.2) is 13.8 Å². The van der Waals surface area contributed by atoms with Crippen molar-refractivity contribution in [3.63, 3.8) is 0 Å². The molecule has 1 aromatic carbocycles. The van der Waals surface area contributed by atoms with Gasteiger partial charge in [0.15, 0.2) is 0 Å². The van der Waals surface area contributed by atoms with Gasteiger partial charge in [-0.2, -0.15) is 0 Å². The van der Waals surface area contributed by atoms with E-state index in [0.717, 1.165) is 18.9 Å². The van der Waals surface area contributed by atoms with E-state index in [-0.39, 0.29) is 46.2 Å². The third-order valence-electron chi connectivity index (χ3n) is 5.91. The van der Waals surface area contributed by atoms with Crippen LogP contribution in [0.5, 0.6) is 5.75 Å². The van der Waals surface area contributed by atoms with E-state index in [1.807, 2.05) is 0 Å². The molecule has 1 aromatic heterocycles. The average Bonchev–Trinajstić information content (AvgIpc) is 3.50. The lowest BCUT2D eigenvalue weighted by molar-refractivity contribution is -0.123. The number of ether oxygens (including phenoxy) is 1. The first-order valence-corrected chi connectivity index (χ1v) is 9.97. The first kappa shape index (κ1) is 20.2. The molecule has 2 aromatic rings. The van der Waals surface area contributed by atoms with Crippen molar-refractivity contribution in [3.8, 4) is 17.0 Å². The predicted molar refractivity (Wildman–Crippen MR) is 105 cm³/mol. The van der Waals surface area contributed by atoms with E-state index < -0.39 is 28.6 Å². The number of hydrogen-bond acceptors (Lipinski definition) is 5. The van der Waals surface area contributed by atoms with Crippen LogP contribution in [0.3, 0.4) is 0 Å². The van der Waals surface area contributed by atoms with Crippen LogP contribution in [0.2, 0.25) is 0 Å². The lowest BCUT2D eigenvalue weighted by atomic mass is 9.81. The molecule has 0 bridgehead atoms. The van der Waals surface area contributed by atoms with E-state index in [9.17, 15) is 18.7 Å². The summed E-state index contributed by atoms with van der Waals surface area (Å²) in [5, 5.41) is 11.2. The second kappa shape index (κ2) is 6.72. The summed E-state index contributed by atoms with van der Waals surface area (Å²) in [6.07, 6.45) is 1.56. The molecule has 2 heterocycles. The van der Waals surface area contributed by atoms with Gasteiger partial charge in [-0.3, -0.25) is 4.79 Å². The van der Waals surface area contributed by atoms with E-state index in [0.29, 0.717) is 5.56 Å². The molecule has 1 fully saturated rings. The number of carbonyl (C=O) groups is 1. The Morgan fingerprint density at radius 3 is 2.72 bits per heavy atom. The zero-order valence-corrected chi connectivity index (χ0v) is 17.2. The number of rotatable bonds is 5. The van der Waals surface area contributed by atoms with Gasteiger partial charge in [0.2, 0.25) is 5.91 Å². The molecule has 1 aliphatic heterocycles.